The highest BCUT2D eigenvalue weighted by atomic mass is 16.2. The van der Waals surface area contributed by atoms with Crippen molar-refractivity contribution in [1.29, 1.82) is 0 Å². The lowest BCUT2D eigenvalue weighted by Crippen LogP contribution is -2.35. The summed E-state index contributed by atoms with van der Waals surface area (Å²) >= 11 is 0. The standard InChI is InChI=1S/C19H20N2O2/c1-3-14-6-4-5-7-17(14)21-18(22)12-16(19(21)23)20-15-10-8-13(2)9-11-15/h4-11,16,20H,3,12H2,1-2H3. The second-order valence-electron chi connectivity index (χ2n) is 5.82. The van der Waals surface area contributed by atoms with Gasteiger partial charge in [0, 0.05) is 5.69 Å². The average Bonchev–Trinajstić information content (AvgIpc) is 2.83. The van der Waals surface area contributed by atoms with Crippen LogP contribution in [0.3, 0.4) is 0 Å². The Balaban J connectivity index is 1.84. The van der Waals surface area contributed by atoms with Crippen LogP contribution in [0.15, 0.2) is 48.5 Å². The van der Waals surface area contributed by atoms with E-state index in [1.807, 2.05) is 62.4 Å². The fraction of sp³-hybridized carbons (Fsp3) is 0.263. The van der Waals surface area contributed by atoms with E-state index in [1.54, 1.807) is 0 Å². The fourth-order valence-electron chi connectivity index (χ4n) is 2.88. The van der Waals surface area contributed by atoms with Gasteiger partial charge in [-0.25, -0.2) is 4.90 Å². The molecular formula is C19H20N2O2. The van der Waals surface area contributed by atoms with Crippen LogP contribution in [0, 0.1) is 6.92 Å². The van der Waals surface area contributed by atoms with Crippen LogP contribution < -0.4 is 10.2 Å². The predicted octanol–water partition coefficient (Wildman–Crippen LogP) is 3.30. The summed E-state index contributed by atoms with van der Waals surface area (Å²) in [6, 6.07) is 14.9. The number of carbonyl (C=O) groups is 2. The quantitative estimate of drug-likeness (QED) is 0.882. The number of hydrogen-bond acceptors (Lipinski definition) is 3. The summed E-state index contributed by atoms with van der Waals surface area (Å²) in [4.78, 5) is 26.4. The molecule has 0 aromatic heterocycles. The van der Waals surface area contributed by atoms with Gasteiger partial charge in [-0.2, -0.15) is 0 Å². The number of imide groups is 1. The molecule has 1 aliphatic heterocycles. The molecule has 2 aromatic carbocycles. The Kier molecular flexibility index (Phi) is 4.15. The molecular weight excluding hydrogens is 288 g/mol. The van der Waals surface area contributed by atoms with E-state index in [2.05, 4.69) is 5.32 Å². The minimum atomic E-state index is -0.505. The number of carbonyl (C=O) groups excluding carboxylic acids is 2. The Morgan fingerprint density at radius 2 is 1.78 bits per heavy atom. The van der Waals surface area contributed by atoms with Crippen molar-refractivity contribution in [3.05, 3.63) is 59.7 Å². The van der Waals surface area contributed by atoms with Gasteiger partial charge < -0.3 is 5.32 Å². The first-order chi connectivity index (χ1) is 11.1. The van der Waals surface area contributed by atoms with Gasteiger partial charge >= 0.3 is 0 Å². The summed E-state index contributed by atoms with van der Waals surface area (Å²) in [5.74, 6) is -0.336. The van der Waals surface area contributed by atoms with Crippen LogP contribution in [-0.4, -0.2) is 17.9 Å². The monoisotopic (exact) mass is 308 g/mol. The molecule has 1 unspecified atom stereocenters. The maximum absolute atomic E-state index is 12.7. The van der Waals surface area contributed by atoms with Gasteiger partial charge in [-0.1, -0.05) is 42.8 Å². The molecule has 1 N–H and O–H groups in total. The normalized spacial score (nSPS) is 17.7. The number of hydrogen-bond donors (Lipinski definition) is 1. The number of benzene rings is 2. The molecule has 2 aromatic rings. The lowest BCUT2D eigenvalue weighted by atomic mass is 10.1. The Morgan fingerprint density at radius 1 is 1.09 bits per heavy atom. The molecule has 118 valence electrons. The van der Waals surface area contributed by atoms with Crippen LogP contribution in [0.25, 0.3) is 0 Å². The summed E-state index contributed by atoms with van der Waals surface area (Å²) in [6.07, 6.45) is 0.966. The van der Waals surface area contributed by atoms with E-state index in [1.165, 1.54) is 4.90 Å². The molecule has 23 heavy (non-hydrogen) atoms. The maximum atomic E-state index is 12.7. The van der Waals surface area contributed by atoms with Crippen LogP contribution in [0.5, 0.6) is 0 Å². The number of rotatable bonds is 4. The van der Waals surface area contributed by atoms with Gasteiger partial charge in [0.05, 0.1) is 12.1 Å². The Labute approximate surface area is 136 Å². The predicted molar refractivity (Wildman–Crippen MR) is 91.5 cm³/mol. The van der Waals surface area contributed by atoms with Gasteiger partial charge in [0.15, 0.2) is 0 Å². The molecule has 1 fully saturated rings. The third-order valence-electron chi connectivity index (χ3n) is 4.15. The van der Waals surface area contributed by atoms with Gasteiger partial charge in [-0.3, -0.25) is 9.59 Å². The lowest BCUT2D eigenvalue weighted by molar-refractivity contribution is -0.121. The molecule has 1 atom stereocenters. The Bertz CT molecular complexity index is 737. The van der Waals surface area contributed by atoms with Gasteiger partial charge in [0.1, 0.15) is 6.04 Å². The van der Waals surface area contributed by atoms with Crippen molar-refractivity contribution in [2.75, 3.05) is 10.2 Å². The summed E-state index contributed by atoms with van der Waals surface area (Å²) in [6.45, 7) is 4.03. The molecule has 3 rings (SSSR count). The smallest absolute Gasteiger partial charge is 0.256 e. The third-order valence-corrected chi connectivity index (χ3v) is 4.15. The summed E-state index contributed by atoms with van der Waals surface area (Å²) in [7, 11) is 0. The van der Waals surface area contributed by atoms with E-state index in [-0.39, 0.29) is 18.2 Å². The molecule has 1 aliphatic rings. The van der Waals surface area contributed by atoms with E-state index in [4.69, 9.17) is 0 Å². The van der Waals surface area contributed by atoms with Crippen LogP contribution in [0.4, 0.5) is 11.4 Å². The minimum Gasteiger partial charge on any atom is -0.373 e. The number of aryl methyl sites for hydroxylation is 2. The van der Waals surface area contributed by atoms with Crippen molar-refractivity contribution in [2.45, 2.75) is 32.7 Å². The first-order valence-electron chi connectivity index (χ1n) is 7.88. The van der Waals surface area contributed by atoms with Crippen molar-refractivity contribution >= 4 is 23.2 Å². The molecule has 0 saturated carbocycles. The largest absolute Gasteiger partial charge is 0.373 e. The average molecular weight is 308 g/mol. The zero-order valence-electron chi connectivity index (χ0n) is 13.4. The van der Waals surface area contributed by atoms with Crippen LogP contribution in [0.1, 0.15) is 24.5 Å². The number of nitrogens with zero attached hydrogens (tertiary/aromatic N) is 1. The SMILES string of the molecule is CCc1ccccc1N1C(=O)CC(Nc2ccc(C)cc2)C1=O. The van der Waals surface area contributed by atoms with Crippen molar-refractivity contribution in [3.8, 4) is 0 Å². The van der Waals surface area contributed by atoms with Crippen molar-refractivity contribution in [3.63, 3.8) is 0 Å². The van der Waals surface area contributed by atoms with Crippen molar-refractivity contribution in [2.24, 2.45) is 0 Å². The molecule has 0 bridgehead atoms. The number of amides is 2. The van der Waals surface area contributed by atoms with Crippen molar-refractivity contribution < 1.29 is 9.59 Å². The fourth-order valence-corrected chi connectivity index (χ4v) is 2.88. The van der Waals surface area contributed by atoms with Gasteiger partial charge in [0.25, 0.3) is 5.91 Å². The van der Waals surface area contributed by atoms with E-state index in [0.29, 0.717) is 5.69 Å². The molecule has 0 aliphatic carbocycles. The molecule has 1 saturated heterocycles. The Hall–Kier alpha value is -2.62. The van der Waals surface area contributed by atoms with Gasteiger partial charge in [0.2, 0.25) is 5.91 Å². The summed E-state index contributed by atoms with van der Waals surface area (Å²) in [5, 5.41) is 3.17. The highest BCUT2D eigenvalue weighted by molar-refractivity contribution is 6.23. The topological polar surface area (TPSA) is 49.4 Å². The van der Waals surface area contributed by atoms with E-state index in [0.717, 1.165) is 23.2 Å². The Morgan fingerprint density at radius 3 is 2.48 bits per heavy atom. The highest BCUT2D eigenvalue weighted by Gasteiger charge is 2.40. The van der Waals surface area contributed by atoms with Gasteiger partial charge in [-0.15, -0.1) is 0 Å². The van der Waals surface area contributed by atoms with E-state index in [9.17, 15) is 9.59 Å². The lowest BCUT2D eigenvalue weighted by Gasteiger charge is -2.19. The molecule has 1 heterocycles. The van der Waals surface area contributed by atoms with Crippen molar-refractivity contribution in [1.82, 2.24) is 0 Å². The third kappa shape index (κ3) is 2.97. The number of nitrogens with one attached hydrogen (secondary N) is 1. The zero-order chi connectivity index (χ0) is 16.4. The molecule has 4 heteroatoms. The summed E-state index contributed by atoms with van der Waals surface area (Å²) < 4.78 is 0. The first-order valence-corrected chi connectivity index (χ1v) is 7.88. The number of para-hydroxylation sites is 1. The first kappa shape index (κ1) is 15.3. The van der Waals surface area contributed by atoms with E-state index >= 15 is 0 Å². The summed E-state index contributed by atoms with van der Waals surface area (Å²) in [5.41, 5.74) is 3.72. The highest BCUT2D eigenvalue weighted by Crippen LogP contribution is 2.28. The second-order valence-corrected chi connectivity index (χ2v) is 5.82. The maximum Gasteiger partial charge on any atom is 0.256 e. The minimum absolute atomic E-state index is 0.152. The molecule has 4 nitrogen and oxygen atoms in total. The van der Waals surface area contributed by atoms with Gasteiger partial charge in [-0.05, 0) is 37.1 Å². The molecule has 0 radical (unpaired) electrons. The molecule has 2 amide bonds. The van der Waals surface area contributed by atoms with Crippen LogP contribution >= 0.6 is 0 Å². The second kappa shape index (κ2) is 6.24. The molecule has 0 spiro atoms. The van der Waals surface area contributed by atoms with Crippen LogP contribution in [-0.2, 0) is 16.0 Å². The zero-order valence-corrected chi connectivity index (χ0v) is 13.4. The van der Waals surface area contributed by atoms with Crippen LogP contribution in [0.2, 0.25) is 0 Å². The van der Waals surface area contributed by atoms with E-state index < -0.39 is 6.04 Å². The number of anilines is 2.